The molecule has 1 aromatic heterocycles. The molecule has 3 rings (SSSR count). The van der Waals surface area contributed by atoms with Crippen LogP contribution in [0.5, 0.6) is 0 Å². The molecule has 0 saturated carbocycles. The van der Waals surface area contributed by atoms with Crippen LogP contribution in [0.3, 0.4) is 0 Å². The molecule has 0 bridgehead atoms. The number of carbonyl (C=O) groups excluding carboxylic acids is 2. The minimum atomic E-state index is -1.11. The first-order valence-electron chi connectivity index (χ1n) is 7.82. The number of pyridine rings is 1. The highest BCUT2D eigenvalue weighted by Crippen LogP contribution is 2.34. The fraction of sp³-hybridized carbons (Fsp3) is 0.222. The Bertz CT molecular complexity index is 835. The second-order valence-corrected chi connectivity index (χ2v) is 6.75. The Morgan fingerprint density at radius 3 is 2.64 bits per heavy atom. The van der Waals surface area contributed by atoms with Gasteiger partial charge in [0.2, 0.25) is 11.8 Å². The minimum Gasteiger partial charge on any atom is -0.478 e. The number of carboxylic acid groups (broad SMARTS) is 1. The van der Waals surface area contributed by atoms with E-state index in [2.05, 4.69) is 4.98 Å². The standard InChI is InChI=1S/C18H16N2O4S/c1-2-11-5-7-12(8-6-11)20-15(21)10-14(17(20)22)25-16-13(18(23)24)4-3-9-19-16/h3-9,14H,2,10H2,1H3,(H,23,24). The number of carboxylic acids is 1. The summed E-state index contributed by atoms with van der Waals surface area (Å²) in [6.07, 6.45) is 2.37. The Kier molecular flexibility index (Phi) is 4.85. The van der Waals surface area contributed by atoms with Gasteiger partial charge in [0, 0.05) is 12.6 Å². The normalized spacial score (nSPS) is 17.2. The zero-order chi connectivity index (χ0) is 18.0. The molecule has 2 amide bonds. The van der Waals surface area contributed by atoms with Gasteiger partial charge in [0.15, 0.2) is 0 Å². The highest BCUT2D eigenvalue weighted by Gasteiger charge is 2.40. The summed E-state index contributed by atoms with van der Waals surface area (Å²) in [5, 5.41) is 8.79. The van der Waals surface area contributed by atoms with Crippen LogP contribution in [-0.4, -0.2) is 33.1 Å². The summed E-state index contributed by atoms with van der Waals surface area (Å²) in [6.45, 7) is 2.03. The Hall–Kier alpha value is -2.67. The number of imide groups is 1. The molecular weight excluding hydrogens is 340 g/mol. The third-order valence-electron chi connectivity index (χ3n) is 3.96. The quantitative estimate of drug-likeness (QED) is 0.829. The van der Waals surface area contributed by atoms with Crippen molar-refractivity contribution in [3.8, 4) is 0 Å². The molecule has 2 heterocycles. The monoisotopic (exact) mass is 356 g/mol. The molecule has 128 valence electrons. The van der Waals surface area contributed by atoms with E-state index >= 15 is 0 Å². The van der Waals surface area contributed by atoms with E-state index in [1.165, 1.54) is 23.2 Å². The van der Waals surface area contributed by atoms with Crippen LogP contribution in [0.1, 0.15) is 29.3 Å². The van der Waals surface area contributed by atoms with E-state index in [1.54, 1.807) is 12.1 Å². The summed E-state index contributed by atoms with van der Waals surface area (Å²) in [4.78, 5) is 41.5. The lowest BCUT2D eigenvalue weighted by Gasteiger charge is -2.15. The van der Waals surface area contributed by atoms with Gasteiger partial charge in [-0.15, -0.1) is 0 Å². The number of thioether (sulfide) groups is 1. The smallest absolute Gasteiger partial charge is 0.338 e. The molecule has 1 unspecified atom stereocenters. The van der Waals surface area contributed by atoms with E-state index in [-0.39, 0.29) is 28.8 Å². The first kappa shape index (κ1) is 17.2. The van der Waals surface area contributed by atoms with Crippen molar-refractivity contribution < 1.29 is 19.5 Å². The van der Waals surface area contributed by atoms with Gasteiger partial charge in [0.05, 0.1) is 16.5 Å². The van der Waals surface area contributed by atoms with E-state index < -0.39 is 11.2 Å². The fourth-order valence-electron chi connectivity index (χ4n) is 2.63. The van der Waals surface area contributed by atoms with Gasteiger partial charge in [-0.1, -0.05) is 30.8 Å². The van der Waals surface area contributed by atoms with Crippen LogP contribution < -0.4 is 4.90 Å². The van der Waals surface area contributed by atoms with Crippen LogP contribution >= 0.6 is 11.8 Å². The predicted molar refractivity (Wildman–Crippen MR) is 93.8 cm³/mol. The Balaban J connectivity index is 1.83. The van der Waals surface area contributed by atoms with Crippen molar-refractivity contribution in [2.24, 2.45) is 0 Å². The van der Waals surface area contributed by atoms with Gasteiger partial charge in [-0.25, -0.2) is 14.7 Å². The van der Waals surface area contributed by atoms with Gasteiger partial charge >= 0.3 is 5.97 Å². The zero-order valence-electron chi connectivity index (χ0n) is 13.5. The van der Waals surface area contributed by atoms with Gasteiger partial charge in [-0.05, 0) is 36.2 Å². The van der Waals surface area contributed by atoms with Crippen LogP contribution in [0.2, 0.25) is 0 Å². The SMILES string of the molecule is CCc1ccc(N2C(=O)CC(Sc3ncccc3C(=O)O)C2=O)cc1. The van der Waals surface area contributed by atoms with Gasteiger partial charge in [-0.2, -0.15) is 0 Å². The minimum absolute atomic E-state index is 0.0225. The predicted octanol–water partition coefficient (Wildman–Crippen LogP) is 2.77. The van der Waals surface area contributed by atoms with Crippen LogP contribution in [0, 0.1) is 0 Å². The third-order valence-corrected chi connectivity index (χ3v) is 5.16. The number of nitrogens with zero attached hydrogens (tertiary/aromatic N) is 2. The number of amides is 2. The Labute approximate surface area is 148 Å². The fourth-order valence-corrected chi connectivity index (χ4v) is 3.74. The van der Waals surface area contributed by atoms with Crippen molar-refractivity contribution >= 4 is 35.2 Å². The second kappa shape index (κ2) is 7.06. The summed E-state index contributed by atoms with van der Waals surface area (Å²) < 4.78 is 0. The van der Waals surface area contributed by atoms with Crippen LogP contribution in [0.15, 0.2) is 47.6 Å². The average molecular weight is 356 g/mol. The Morgan fingerprint density at radius 2 is 2.00 bits per heavy atom. The molecule has 7 heteroatoms. The number of anilines is 1. The molecule has 1 aromatic carbocycles. The van der Waals surface area contributed by atoms with Crippen LogP contribution in [-0.2, 0) is 16.0 Å². The lowest BCUT2D eigenvalue weighted by molar-refractivity contribution is -0.121. The molecule has 0 spiro atoms. The first-order chi connectivity index (χ1) is 12.0. The molecule has 25 heavy (non-hydrogen) atoms. The van der Waals surface area contributed by atoms with Gasteiger partial charge in [0.25, 0.3) is 0 Å². The number of benzene rings is 1. The van der Waals surface area contributed by atoms with Crippen molar-refractivity contribution in [3.63, 3.8) is 0 Å². The molecule has 1 atom stereocenters. The van der Waals surface area contributed by atoms with Crippen LogP contribution in [0.4, 0.5) is 5.69 Å². The first-order valence-corrected chi connectivity index (χ1v) is 8.70. The van der Waals surface area contributed by atoms with Gasteiger partial charge in [0.1, 0.15) is 5.03 Å². The summed E-state index contributed by atoms with van der Waals surface area (Å²) in [5.41, 5.74) is 1.68. The zero-order valence-corrected chi connectivity index (χ0v) is 14.3. The average Bonchev–Trinajstić information content (AvgIpc) is 2.89. The maximum Gasteiger partial charge on any atom is 0.338 e. The van der Waals surface area contributed by atoms with Crippen molar-refractivity contribution in [2.45, 2.75) is 30.0 Å². The van der Waals surface area contributed by atoms with Crippen molar-refractivity contribution in [1.29, 1.82) is 0 Å². The summed E-state index contributed by atoms with van der Waals surface area (Å²) >= 11 is 1.02. The number of aromatic carboxylic acids is 1. The van der Waals surface area contributed by atoms with Crippen molar-refractivity contribution in [1.82, 2.24) is 4.98 Å². The molecule has 0 radical (unpaired) electrons. The topological polar surface area (TPSA) is 87.6 Å². The van der Waals surface area contributed by atoms with Crippen molar-refractivity contribution in [2.75, 3.05) is 4.90 Å². The van der Waals surface area contributed by atoms with E-state index in [1.807, 2.05) is 19.1 Å². The lowest BCUT2D eigenvalue weighted by Crippen LogP contribution is -2.31. The van der Waals surface area contributed by atoms with Gasteiger partial charge in [-0.3, -0.25) is 9.59 Å². The number of hydrogen-bond acceptors (Lipinski definition) is 5. The summed E-state index contributed by atoms with van der Waals surface area (Å²) in [7, 11) is 0. The molecule has 0 aliphatic carbocycles. The van der Waals surface area contributed by atoms with E-state index in [9.17, 15) is 19.5 Å². The number of rotatable bonds is 5. The molecule has 1 aliphatic heterocycles. The third kappa shape index (κ3) is 3.41. The maximum atomic E-state index is 12.7. The molecule has 1 aliphatic rings. The highest BCUT2D eigenvalue weighted by atomic mass is 32.2. The van der Waals surface area contributed by atoms with E-state index in [0.29, 0.717) is 5.69 Å². The van der Waals surface area contributed by atoms with E-state index in [0.717, 1.165) is 23.7 Å². The second-order valence-electron chi connectivity index (χ2n) is 5.56. The molecule has 1 fully saturated rings. The van der Waals surface area contributed by atoms with Gasteiger partial charge < -0.3 is 5.11 Å². The largest absolute Gasteiger partial charge is 0.478 e. The molecule has 6 nitrogen and oxygen atoms in total. The van der Waals surface area contributed by atoms with Crippen molar-refractivity contribution in [3.05, 3.63) is 53.7 Å². The highest BCUT2D eigenvalue weighted by molar-refractivity contribution is 8.00. The van der Waals surface area contributed by atoms with E-state index in [4.69, 9.17) is 0 Å². The number of hydrogen-bond donors (Lipinski definition) is 1. The molecule has 2 aromatic rings. The Morgan fingerprint density at radius 1 is 1.28 bits per heavy atom. The molecule has 1 saturated heterocycles. The summed E-state index contributed by atoms with van der Waals surface area (Å²) in [5.74, 6) is -1.75. The number of carbonyl (C=O) groups is 3. The molecule has 1 N–H and O–H groups in total. The number of aryl methyl sites for hydroxylation is 1. The summed E-state index contributed by atoms with van der Waals surface area (Å²) in [6, 6.07) is 10.2. The lowest BCUT2D eigenvalue weighted by atomic mass is 10.1. The number of aromatic nitrogens is 1. The maximum absolute atomic E-state index is 12.7. The van der Waals surface area contributed by atoms with Crippen LogP contribution in [0.25, 0.3) is 0 Å². The molecular formula is C18H16N2O4S.